The second-order valence-electron chi connectivity index (χ2n) is 3.31. The third-order valence-electron chi connectivity index (χ3n) is 2.03. The molecule has 2 rings (SSSR count). The van der Waals surface area contributed by atoms with Crippen LogP contribution in [0.4, 0.5) is 5.95 Å². The molecule has 0 unspecified atom stereocenters. The van der Waals surface area contributed by atoms with Crippen molar-refractivity contribution in [3.05, 3.63) is 32.4 Å². The molecule has 6 heteroatoms. The van der Waals surface area contributed by atoms with E-state index in [4.69, 9.17) is 0 Å². The van der Waals surface area contributed by atoms with Crippen molar-refractivity contribution in [3.8, 4) is 0 Å². The van der Waals surface area contributed by atoms with Gasteiger partial charge in [-0.15, -0.1) is 11.3 Å². The van der Waals surface area contributed by atoms with E-state index in [1.165, 1.54) is 4.88 Å². The molecule has 0 aliphatic heterocycles. The number of anilines is 1. The first kappa shape index (κ1) is 11.5. The molecule has 2 heterocycles. The summed E-state index contributed by atoms with van der Waals surface area (Å²) in [4.78, 5) is 13.9. The van der Waals surface area contributed by atoms with Crippen molar-refractivity contribution in [2.45, 2.75) is 20.4 Å². The Hall–Kier alpha value is -1.01. The van der Waals surface area contributed by atoms with Gasteiger partial charge in [-0.3, -0.25) is 0 Å². The van der Waals surface area contributed by atoms with Crippen molar-refractivity contribution in [1.29, 1.82) is 0 Å². The van der Waals surface area contributed by atoms with Gasteiger partial charge in [-0.2, -0.15) is 0 Å². The first-order chi connectivity index (χ1) is 7.65. The topological polar surface area (TPSA) is 50.7 Å². The summed E-state index contributed by atoms with van der Waals surface area (Å²) in [7, 11) is 0. The van der Waals surface area contributed by atoms with Crippen LogP contribution in [0.5, 0.6) is 0 Å². The van der Waals surface area contributed by atoms with Crippen molar-refractivity contribution in [3.63, 3.8) is 0 Å². The lowest BCUT2D eigenvalue weighted by molar-refractivity contribution is 0.995. The van der Waals surface area contributed by atoms with Gasteiger partial charge in [0.25, 0.3) is 0 Å². The smallest absolute Gasteiger partial charge is 0.222 e. The summed E-state index contributed by atoms with van der Waals surface area (Å²) in [5.41, 5.74) is 1.06. The summed E-state index contributed by atoms with van der Waals surface area (Å²) in [5, 5.41) is 4.23. The zero-order valence-corrected chi connectivity index (χ0v) is 11.4. The lowest BCUT2D eigenvalue weighted by Gasteiger charge is -2.02. The molecule has 0 aliphatic rings. The highest BCUT2D eigenvalue weighted by Crippen LogP contribution is 2.17. The van der Waals surface area contributed by atoms with E-state index in [0.29, 0.717) is 12.5 Å². The van der Waals surface area contributed by atoms with Gasteiger partial charge in [0.05, 0.1) is 21.7 Å². The molecule has 0 bridgehead atoms. The highest BCUT2D eigenvalue weighted by atomic mass is 79.9. The molecule has 0 aliphatic carbocycles. The Kier molecular flexibility index (Phi) is 3.50. The van der Waals surface area contributed by atoms with Crippen LogP contribution in [0.2, 0.25) is 0 Å². The highest BCUT2D eigenvalue weighted by Gasteiger charge is 2.04. The number of aryl methyl sites for hydroxylation is 2. The third kappa shape index (κ3) is 2.76. The lowest BCUT2D eigenvalue weighted by Crippen LogP contribution is -2.04. The van der Waals surface area contributed by atoms with E-state index in [-0.39, 0.29) is 0 Å². The number of rotatable bonds is 3. The van der Waals surface area contributed by atoms with Crippen LogP contribution in [0.25, 0.3) is 0 Å². The van der Waals surface area contributed by atoms with Crippen molar-refractivity contribution in [2.24, 2.45) is 0 Å². The quantitative estimate of drug-likeness (QED) is 0.946. The third-order valence-corrected chi connectivity index (χ3v) is 3.37. The van der Waals surface area contributed by atoms with Crippen molar-refractivity contribution < 1.29 is 0 Å². The number of halogens is 1. The molecule has 84 valence electrons. The minimum absolute atomic E-state index is 0.619. The predicted molar refractivity (Wildman–Crippen MR) is 68.6 cm³/mol. The Balaban J connectivity index is 2.02. The first-order valence-electron chi connectivity index (χ1n) is 4.79. The van der Waals surface area contributed by atoms with E-state index in [2.05, 4.69) is 43.1 Å². The van der Waals surface area contributed by atoms with Gasteiger partial charge < -0.3 is 5.32 Å². The maximum absolute atomic E-state index is 4.43. The molecule has 0 saturated heterocycles. The molecule has 4 nitrogen and oxygen atoms in total. The van der Waals surface area contributed by atoms with E-state index >= 15 is 0 Å². The van der Waals surface area contributed by atoms with E-state index < -0.39 is 0 Å². The van der Waals surface area contributed by atoms with Crippen LogP contribution in [0.15, 0.2) is 16.9 Å². The minimum atomic E-state index is 0.619. The SMILES string of the molecule is Cc1nc(CNc2ncc(Br)cn2)c(C)s1. The van der Waals surface area contributed by atoms with Crippen molar-refractivity contribution in [1.82, 2.24) is 15.0 Å². The number of hydrogen-bond donors (Lipinski definition) is 1. The Morgan fingerprint density at radius 1 is 1.31 bits per heavy atom. The average Bonchev–Trinajstić information content (AvgIpc) is 2.57. The summed E-state index contributed by atoms with van der Waals surface area (Å²) < 4.78 is 0.874. The summed E-state index contributed by atoms with van der Waals surface area (Å²) in [5.74, 6) is 0.619. The number of nitrogens with one attached hydrogen (secondary N) is 1. The van der Waals surface area contributed by atoms with Crippen LogP contribution in [-0.2, 0) is 6.54 Å². The fourth-order valence-corrected chi connectivity index (χ4v) is 2.34. The maximum Gasteiger partial charge on any atom is 0.222 e. The Labute approximate surface area is 106 Å². The summed E-state index contributed by atoms with van der Waals surface area (Å²) in [6.45, 7) is 4.75. The van der Waals surface area contributed by atoms with E-state index in [1.807, 2.05) is 6.92 Å². The Morgan fingerprint density at radius 3 is 2.56 bits per heavy atom. The predicted octanol–water partition coefficient (Wildman–Crippen LogP) is 2.92. The van der Waals surface area contributed by atoms with Gasteiger partial charge in [-0.1, -0.05) is 0 Å². The van der Waals surface area contributed by atoms with Crippen LogP contribution in [0.1, 0.15) is 15.6 Å². The van der Waals surface area contributed by atoms with Crippen LogP contribution in [0.3, 0.4) is 0 Å². The van der Waals surface area contributed by atoms with Gasteiger partial charge in [-0.25, -0.2) is 15.0 Å². The summed E-state index contributed by atoms with van der Waals surface area (Å²) in [6.07, 6.45) is 3.43. The molecule has 0 saturated carbocycles. The zero-order chi connectivity index (χ0) is 11.5. The van der Waals surface area contributed by atoms with Crippen LogP contribution in [-0.4, -0.2) is 15.0 Å². The van der Waals surface area contributed by atoms with E-state index in [9.17, 15) is 0 Å². The minimum Gasteiger partial charge on any atom is -0.349 e. The molecule has 0 aromatic carbocycles. The van der Waals surface area contributed by atoms with E-state index in [1.54, 1.807) is 23.7 Å². The molecule has 0 amide bonds. The molecular weight excluding hydrogens is 288 g/mol. The molecule has 16 heavy (non-hydrogen) atoms. The fraction of sp³-hybridized carbons (Fsp3) is 0.300. The molecule has 1 N–H and O–H groups in total. The highest BCUT2D eigenvalue weighted by molar-refractivity contribution is 9.10. The Morgan fingerprint density at radius 2 is 2.00 bits per heavy atom. The second-order valence-corrected chi connectivity index (χ2v) is 5.64. The van der Waals surface area contributed by atoms with Gasteiger partial charge in [0.1, 0.15) is 0 Å². The largest absolute Gasteiger partial charge is 0.349 e. The monoisotopic (exact) mass is 298 g/mol. The van der Waals surface area contributed by atoms with Gasteiger partial charge >= 0.3 is 0 Å². The lowest BCUT2D eigenvalue weighted by atomic mass is 10.4. The molecule has 0 radical (unpaired) electrons. The number of thiazole rings is 1. The van der Waals surface area contributed by atoms with Gasteiger partial charge in [0.15, 0.2) is 0 Å². The van der Waals surface area contributed by atoms with Gasteiger partial charge in [-0.05, 0) is 29.8 Å². The zero-order valence-electron chi connectivity index (χ0n) is 8.99. The normalized spacial score (nSPS) is 10.4. The van der Waals surface area contributed by atoms with E-state index in [0.717, 1.165) is 15.2 Å². The average molecular weight is 299 g/mol. The van der Waals surface area contributed by atoms with Crippen molar-refractivity contribution >= 4 is 33.2 Å². The molecule has 0 atom stereocenters. The standard InChI is InChI=1S/C10H11BrN4S/c1-6-9(15-7(2)16-6)5-14-10-12-3-8(11)4-13-10/h3-4H,5H2,1-2H3,(H,12,13,14). The number of aromatic nitrogens is 3. The van der Waals surface area contributed by atoms with Gasteiger partial charge in [0, 0.05) is 17.3 Å². The van der Waals surface area contributed by atoms with Crippen LogP contribution < -0.4 is 5.32 Å². The van der Waals surface area contributed by atoms with Crippen LogP contribution >= 0.6 is 27.3 Å². The maximum atomic E-state index is 4.43. The summed E-state index contributed by atoms with van der Waals surface area (Å²) in [6, 6.07) is 0. The Bertz CT molecular complexity index is 480. The van der Waals surface area contributed by atoms with Crippen molar-refractivity contribution in [2.75, 3.05) is 5.32 Å². The van der Waals surface area contributed by atoms with Crippen LogP contribution in [0, 0.1) is 13.8 Å². The molecule has 0 spiro atoms. The number of nitrogens with zero attached hydrogens (tertiary/aromatic N) is 3. The molecular formula is C10H11BrN4S. The fourth-order valence-electron chi connectivity index (χ4n) is 1.30. The molecule has 2 aromatic heterocycles. The van der Waals surface area contributed by atoms with Gasteiger partial charge in [0.2, 0.25) is 5.95 Å². The summed E-state index contributed by atoms with van der Waals surface area (Å²) >= 11 is 5.00. The first-order valence-corrected chi connectivity index (χ1v) is 6.40. The second kappa shape index (κ2) is 4.88. The molecule has 2 aromatic rings. The number of hydrogen-bond acceptors (Lipinski definition) is 5. The molecule has 0 fully saturated rings.